The summed E-state index contributed by atoms with van der Waals surface area (Å²) in [6.45, 7) is 1.29. The van der Waals surface area contributed by atoms with Gasteiger partial charge in [-0.1, -0.05) is 11.2 Å². The number of hydrogen-bond acceptors (Lipinski definition) is 5. The van der Waals surface area contributed by atoms with E-state index in [1.54, 1.807) is 18.4 Å². The van der Waals surface area contributed by atoms with Crippen LogP contribution in [0, 0.1) is 0 Å². The topological polar surface area (TPSA) is 96.9 Å². The van der Waals surface area contributed by atoms with E-state index < -0.39 is 10.8 Å². The SMILES string of the molecule is COc1ccc(CNCCS(C)=O)cc1/C(N)=N/O. The zero-order chi connectivity index (χ0) is 14.3. The standard InChI is InChI=1S/C12H19N3O3S/c1-18-11-4-3-9(7-10(11)12(13)15-16)8-14-5-6-19(2)17/h3-4,7,14,16H,5-6,8H2,1-2H3,(H2,13,15). The lowest BCUT2D eigenvalue weighted by Crippen LogP contribution is -2.20. The molecule has 0 radical (unpaired) electrons. The van der Waals surface area contributed by atoms with Crippen LogP contribution in [0.2, 0.25) is 0 Å². The molecule has 0 saturated heterocycles. The summed E-state index contributed by atoms with van der Waals surface area (Å²) in [5.41, 5.74) is 7.11. The van der Waals surface area contributed by atoms with E-state index in [9.17, 15) is 4.21 Å². The lowest BCUT2D eigenvalue weighted by Gasteiger charge is -2.10. The molecule has 0 aliphatic carbocycles. The van der Waals surface area contributed by atoms with Crippen LogP contribution in [0.3, 0.4) is 0 Å². The fourth-order valence-electron chi connectivity index (χ4n) is 1.57. The average Bonchev–Trinajstić information content (AvgIpc) is 2.42. The lowest BCUT2D eigenvalue weighted by atomic mass is 10.1. The van der Waals surface area contributed by atoms with E-state index in [-0.39, 0.29) is 5.84 Å². The van der Waals surface area contributed by atoms with Gasteiger partial charge in [0.15, 0.2) is 5.84 Å². The Balaban J connectivity index is 2.73. The lowest BCUT2D eigenvalue weighted by molar-refractivity contribution is 0.318. The molecular formula is C12H19N3O3S. The summed E-state index contributed by atoms with van der Waals surface area (Å²) in [7, 11) is 0.729. The molecule has 1 rings (SSSR count). The highest BCUT2D eigenvalue weighted by molar-refractivity contribution is 7.84. The third-order valence-corrected chi connectivity index (χ3v) is 3.32. The molecule has 1 aromatic rings. The molecule has 1 aromatic carbocycles. The summed E-state index contributed by atoms with van der Waals surface area (Å²) in [4.78, 5) is 0. The van der Waals surface area contributed by atoms with Crippen molar-refractivity contribution in [3.8, 4) is 5.75 Å². The second kappa shape index (κ2) is 7.75. The van der Waals surface area contributed by atoms with Crippen LogP contribution in [-0.4, -0.2) is 40.9 Å². The maximum absolute atomic E-state index is 10.9. The first-order valence-electron chi connectivity index (χ1n) is 5.74. The Morgan fingerprint density at radius 1 is 1.58 bits per heavy atom. The fourth-order valence-corrected chi connectivity index (χ4v) is 2.00. The Hall–Kier alpha value is -1.60. The summed E-state index contributed by atoms with van der Waals surface area (Å²) in [6, 6.07) is 5.45. The van der Waals surface area contributed by atoms with Crippen LogP contribution in [-0.2, 0) is 17.3 Å². The van der Waals surface area contributed by atoms with Gasteiger partial charge in [-0.2, -0.15) is 0 Å². The molecule has 19 heavy (non-hydrogen) atoms. The van der Waals surface area contributed by atoms with Crippen LogP contribution in [0.1, 0.15) is 11.1 Å². The summed E-state index contributed by atoms with van der Waals surface area (Å²) < 4.78 is 16.1. The first-order valence-corrected chi connectivity index (χ1v) is 7.46. The molecular weight excluding hydrogens is 266 g/mol. The molecule has 0 amide bonds. The van der Waals surface area contributed by atoms with Gasteiger partial charge in [0.1, 0.15) is 5.75 Å². The highest BCUT2D eigenvalue weighted by atomic mass is 32.2. The number of nitrogens with one attached hydrogen (secondary N) is 1. The minimum absolute atomic E-state index is 0.00774. The molecule has 0 heterocycles. The predicted octanol–water partition coefficient (Wildman–Crippen LogP) is 0.258. The second-order valence-electron chi connectivity index (χ2n) is 3.97. The van der Waals surface area contributed by atoms with Gasteiger partial charge in [0.05, 0.1) is 12.7 Å². The van der Waals surface area contributed by atoms with Crippen molar-refractivity contribution < 1.29 is 14.2 Å². The molecule has 106 valence electrons. The zero-order valence-electron chi connectivity index (χ0n) is 11.0. The fraction of sp³-hybridized carbons (Fsp3) is 0.417. The third-order valence-electron chi connectivity index (χ3n) is 2.54. The van der Waals surface area contributed by atoms with Crippen LogP contribution in [0.4, 0.5) is 0 Å². The van der Waals surface area contributed by atoms with Gasteiger partial charge in [-0.05, 0) is 17.7 Å². The molecule has 7 heteroatoms. The van der Waals surface area contributed by atoms with Crippen molar-refractivity contribution in [1.29, 1.82) is 0 Å². The quantitative estimate of drug-likeness (QED) is 0.219. The Kier molecular flexibility index (Phi) is 6.31. The van der Waals surface area contributed by atoms with Gasteiger partial charge in [0, 0.05) is 35.9 Å². The van der Waals surface area contributed by atoms with Crippen molar-refractivity contribution in [2.24, 2.45) is 10.9 Å². The summed E-state index contributed by atoms with van der Waals surface area (Å²) >= 11 is 0. The van der Waals surface area contributed by atoms with Crippen LogP contribution in [0.5, 0.6) is 5.75 Å². The molecule has 6 nitrogen and oxygen atoms in total. The van der Waals surface area contributed by atoms with E-state index in [0.717, 1.165) is 5.56 Å². The Morgan fingerprint density at radius 3 is 2.89 bits per heavy atom. The smallest absolute Gasteiger partial charge is 0.173 e. The van der Waals surface area contributed by atoms with Crippen molar-refractivity contribution in [1.82, 2.24) is 5.32 Å². The number of ether oxygens (including phenoxy) is 1. The number of amidine groups is 1. The predicted molar refractivity (Wildman–Crippen MR) is 76.1 cm³/mol. The zero-order valence-corrected chi connectivity index (χ0v) is 11.9. The molecule has 0 saturated carbocycles. The normalized spacial score (nSPS) is 13.3. The molecule has 1 unspecified atom stereocenters. The maximum atomic E-state index is 10.9. The Labute approximate surface area is 115 Å². The van der Waals surface area contributed by atoms with Gasteiger partial charge in [-0.3, -0.25) is 4.21 Å². The van der Waals surface area contributed by atoms with Crippen LogP contribution >= 0.6 is 0 Å². The van der Waals surface area contributed by atoms with Gasteiger partial charge in [-0.25, -0.2) is 0 Å². The van der Waals surface area contributed by atoms with Gasteiger partial charge in [0.25, 0.3) is 0 Å². The van der Waals surface area contributed by atoms with Gasteiger partial charge in [0.2, 0.25) is 0 Å². The minimum atomic E-state index is -0.796. The number of benzene rings is 1. The van der Waals surface area contributed by atoms with Crippen molar-refractivity contribution in [2.45, 2.75) is 6.54 Å². The van der Waals surface area contributed by atoms with Gasteiger partial charge >= 0.3 is 0 Å². The van der Waals surface area contributed by atoms with Crippen molar-refractivity contribution >= 4 is 16.6 Å². The number of nitrogens with zero attached hydrogens (tertiary/aromatic N) is 1. The van der Waals surface area contributed by atoms with E-state index in [1.807, 2.05) is 6.07 Å². The van der Waals surface area contributed by atoms with Crippen LogP contribution in [0.25, 0.3) is 0 Å². The monoisotopic (exact) mass is 285 g/mol. The molecule has 0 aliphatic rings. The molecule has 4 N–H and O–H groups in total. The Morgan fingerprint density at radius 2 is 2.32 bits per heavy atom. The number of nitrogens with two attached hydrogens (primary N) is 1. The molecule has 0 spiro atoms. The van der Waals surface area contributed by atoms with Crippen molar-refractivity contribution in [3.05, 3.63) is 29.3 Å². The summed E-state index contributed by atoms with van der Waals surface area (Å²) in [6.07, 6.45) is 1.67. The number of methoxy groups -OCH3 is 1. The molecule has 1 atom stereocenters. The van der Waals surface area contributed by atoms with E-state index in [0.29, 0.717) is 30.2 Å². The highest BCUT2D eigenvalue weighted by Crippen LogP contribution is 2.19. The van der Waals surface area contributed by atoms with E-state index in [2.05, 4.69) is 10.5 Å². The summed E-state index contributed by atoms with van der Waals surface area (Å²) in [5.74, 6) is 1.17. The van der Waals surface area contributed by atoms with E-state index in [1.165, 1.54) is 7.11 Å². The van der Waals surface area contributed by atoms with Crippen molar-refractivity contribution in [2.75, 3.05) is 25.7 Å². The van der Waals surface area contributed by atoms with E-state index >= 15 is 0 Å². The molecule has 0 bridgehead atoms. The number of rotatable bonds is 7. The third kappa shape index (κ3) is 4.88. The Bertz CT molecular complexity index is 477. The van der Waals surface area contributed by atoms with E-state index in [4.69, 9.17) is 15.7 Å². The van der Waals surface area contributed by atoms with Gasteiger partial charge < -0.3 is 21.0 Å². The molecule has 0 aliphatic heterocycles. The second-order valence-corrected chi connectivity index (χ2v) is 5.53. The minimum Gasteiger partial charge on any atom is -0.496 e. The molecule has 0 fully saturated rings. The number of oxime groups is 1. The average molecular weight is 285 g/mol. The van der Waals surface area contributed by atoms with Gasteiger partial charge in [-0.15, -0.1) is 0 Å². The first-order chi connectivity index (χ1) is 9.08. The van der Waals surface area contributed by atoms with Crippen LogP contribution < -0.4 is 15.8 Å². The first kappa shape index (κ1) is 15.5. The maximum Gasteiger partial charge on any atom is 0.173 e. The molecule has 0 aromatic heterocycles. The summed E-state index contributed by atoms with van der Waals surface area (Å²) in [5, 5.41) is 14.9. The largest absolute Gasteiger partial charge is 0.496 e. The van der Waals surface area contributed by atoms with Crippen molar-refractivity contribution in [3.63, 3.8) is 0 Å². The number of hydrogen-bond donors (Lipinski definition) is 3. The highest BCUT2D eigenvalue weighted by Gasteiger charge is 2.08. The van der Waals surface area contributed by atoms with Crippen LogP contribution in [0.15, 0.2) is 23.4 Å².